The van der Waals surface area contributed by atoms with E-state index in [1.807, 2.05) is 0 Å². The van der Waals surface area contributed by atoms with E-state index >= 15 is 0 Å². The van der Waals surface area contributed by atoms with Gasteiger partial charge in [-0.3, -0.25) is 4.79 Å². The molecule has 54 valence electrons. The Morgan fingerprint density at radius 3 is 2.78 bits per heavy atom. The summed E-state index contributed by atoms with van der Waals surface area (Å²) in [6.45, 7) is 1.63. The fourth-order valence-corrected chi connectivity index (χ4v) is 0.379. The van der Waals surface area contributed by atoms with Crippen LogP contribution in [-0.2, 0) is 4.79 Å². The molecule has 4 N–H and O–H groups in total. The van der Waals surface area contributed by atoms with Crippen LogP contribution in [0.1, 0.15) is 6.92 Å². The molecule has 0 spiro atoms. The molecule has 0 aliphatic carbocycles. The Balaban J connectivity index is 3.34. The smallest absolute Gasteiger partial charge is 0.234 e. The molecule has 0 radical (unpaired) electrons. The van der Waals surface area contributed by atoms with E-state index in [0.717, 1.165) is 0 Å². The lowest BCUT2D eigenvalue weighted by Gasteiger charge is -2.08. The van der Waals surface area contributed by atoms with Crippen LogP contribution in [0.2, 0.25) is 0 Å². The highest BCUT2D eigenvalue weighted by Gasteiger charge is 2.01. The van der Waals surface area contributed by atoms with Crippen molar-refractivity contribution in [2.75, 3.05) is 13.2 Å². The van der Waals surface area contributed by atoms with Crippen molar-refractivity contribution in [3.63, 3.8) is 0 Å². The molecule has 0 aliphatic rings. The molecule has 0 unspecified atom stereocenters. The molecule has 4 heteroatoms. The van der Waals surface area contributed by atoms with Gasteiger partial charge in [0.15, 0.2) is 0 Å². The van der Waals surface area contributed by atoms with Crippen LogP contribution in [0, 0.1) is 0 Å². The molecule has 0 rings (SSSR count). The lowest BCUT2D eigenvalue weighted by molar-refractivity contribution is -0.120. The summed E-state index contributed by atoms with van der Waals surface area (Å²) in [7, 11) is 0. The van der Waals surface area contributed by atoms with Crippen LogP contribution in [0.5, 0.6) is 0 Å². The maximum absolute atomic E-state index is 10.4. The van der Waals surface area contributed by atoms with Crippen molar-refractivity contribution in [2.24, 2.45) is 5.73 Å². The van der Waals surface area contributed by atoms with Crippen LogP contribution >= 0.6 is 0 Å². The van der Waals surface area contributed by atoms with Gasteiger partial charge in [0.05, 0.1) is 13.2 Å². The molecule has 0 heterocycles. The third-order valence-corrected chi connectivity index (χ3v) is 0.867. The molecular formula is C5H12N2O2. The molecule has 0 saturated carbocycles. The summed E-state index contributed by atoms with van der Waals surface area (Å²) in [6, 6.07) is -0.193. The summed E-state index contributed by atoms with van der Waals surface area (Å²) in [5, 5.41) is 10.9. The van der Waals surface area contributed by atoms with Gasteiger partial charge < -0.3 is 16.2 Å². The van der Waals surface area contributed by atoms with E-state index in [1.54, 1.807) is 6.92 Å². The standard InChI is InChI=1S/C5H12N2O2/c1-4(3-8)7-5(9)2-6/h4,8H,2-3,6H2,1H3,(H,7,9)/t4-/m1/s1. The zero-order valence-electron chi connectivity index (χ0n) is 5.42. The predicted molar refractivity (Wildman–Crippen MR) is 33.7 cm³/mol. The van der Waals surface area contributed by atoms with Gasteiger partial charge in [-0.25, -0.2) is 0 Å². The van der Waals surface area contributed by atoms with Gasteiger partial charge >= 0.3 is 0 Å². The number of carbonyl (C=O) groups is 1. The second kappa shape index (κ2) is 4.29. The number of aliphatic hydroxyl groups excluding tert-OH is 1. The molecule has 0 aromatic rings. The van der Waals surface area contributed by atoms with E-state index in [4.69, 9.17) is 10.8 Å². The first-order valence-electron chi connectivity index (χ1n) is 2.81. The van der Waals surface area contributed by atoms with Gasteiger partial charge in [0, 0.05) is 6.04 Å². The van der Waals surface area contributed by atoms with Crippen molar-refractivity contribution >= 4 is 5.91 Å². The maximum Gasteiger partial charge on any atom is 0.234 e. The Hall–Kier alpha value is -0.610. The first kappa shape index (κ1) is 8.39. The molecule has 0 bridgehead atoms. The third kappa shape index (κ3) is 3.93. The topological polar surface area (TPSA) is 75.3 Å². The average Bonchev–Trinajstić information content (AvgIpc) is 1.87. The van der Waals surface area contributed by atoms with E-state index in [2.05, 4.69) is 5.32 Å². The molecule has 0 fully saturated rings. The van der Waals surface area contributed by atoms with Gasteiger partial charge in [0.1, 0.15) is 0 Å². The highest BCUT2D eigenvalue weighted by Crippen LogP contribution is 1.75. The summed E-state index contributed by atoms with van der Waals surface area (Å²) in [5.41, 5.74) is 4.98. The van der Waals surface area contributed by atoms with Gasteiger partial charge in [0.2, 0.25) is 5.91 Å². The minimum atomic E-state index is -0.239. The van der Waals surface area contributed by atoms with Crippen molar-refractivity contribution in [1.82, 2.24) is 5.32 Å². The number of hydrogen-bond donors (Lipinski definition) is 3. The first-order chi connectivity index (χ1) is 4.20. The summed E-state index contributed by atoms with van der Waals surface area (Å²) in [6.07, 6.45) is 0. The Morgan fingerprint density at radius 1 is 1.89 bits per heavy atom. The van der Waals surface area contributed by atoms with E-state index in [-0.39, 0.29) is 25.1 Å². The van der Waals surface area contributed by atoms with E-state index in [1.165, 1.54) is 0 Å². The monoisotopic (exact) mass is 132 g/mol. The fourth-order valence-electron chi connectivity index (χ4n) is 0.379. The van der Waals surface area contributed by atoms with Crippen LogP contribution < -0.4 is 11.1 Å². The minimum Gasteiger partial charge on any atom is -0.394 e. The predicted octanol–water partition coefficient (Wildman–Crippen LogP) is -1.56. The SMILES string of the molecule is C[C@H](CO)NC(=O)CN. The van der Waals surface area contributed by atoms with Crippen LogP contribution in [0.4, 0.5) is 0 Å². The molecule has 0 aromatic heterocycles. The minimum absolute atomic E-state index is 0.0235. The molecule has 0 aromatic carbocycles. The number of carbonyl (C=O) groups excluding carboxylic acids is 1. The molecule has 0 aliphatic heterocycles. The Kier molecular flexibility index (Phi) is 4.00. The lowest BCUT2D eigenvalue weighted by atomic mass is 10.3. The zero-order valence-corrected chi connectivity index (χ0v) is 5.42. The molecular weight excluding hydrogens is 120 g/mol. The van der Waals surface area contributed by atoms with Crippen molar-refractivity contribution in [1.29, 1.82) is 0 Å². The number of aliphatic hydroxyl groups is 1. The zero-order chi connectivity index (χ0) is 7.28. The van der Waals surface area contributed by atoms with Gasteiger partial charge in [-0.15, -0.1) is 0 Å². The quantitative estimate of drug-likeness (QED) is 0.435. The Bertz CT molecular complexity index is 95.0. The summed E-state index contributed by atoms with van der Waals surface area (Å²) < 4.78 is 0. The van der Waals surface area contributed by atoms with Gasteiger partial charge in [-0.1, -0.05) is 0 Å². The van der Waals surface area contributed by atoms with Crippen LogP contribution in [0.3, 0.4) is 0 Å². The summed E-state index contributed by atoms with van der Waals surface area (Å²) >= 11 is 0. The number of rotatable bonds is 3. The third-order valence-electron chi connectivity index (χ3n) is 0.867. The van der Waals surface area contributed by atoms with Crippen molar-refractivity contribution in [3.8, 4) is 0 Å². The first-order valence-corrected chi connectivity index (χ1v) is 2.81. The number of nitrogens with one attached hydrogen (secondary N) is 1. The lowest BCUT2D eigenvalue weighted by Crippen LogP contribution is -2.38. The fraction of sp³-hybridized carbons (Fsp3) is 0.800. The molecule has 0 saturated heterocycles. The van der Waals surface area contributed by atoms with E-state index in [0.29, 0.717) is 0 Å². The summed E-state index contributed by atoms with van der Waals surface area (Å²) in [4.78, 5) is 10.4. The van der Waals surface area contributed by atoms with Crippen molar-refractivity contribution in [3.05, 3.63) is 0 Å². The average molecular weight is 132 g/mol. The normalized spacial score (nSPS) is 12.8. The Labute approximate surface area is 54.0 Å². The Morgan fingerprint density at radius 2 is 2.44 bits per heavy atom. The summed E-state index contributed by atoms with van der Waals surface area (Å²) in [5.74, 6) is -0.239. The second-order valence-electron chi connectivity index (χ2n) is 1.86. The molecule has 1 atom stereocenters. The number of amides is 1. The molecule has 4 nitrogen and oxygen atoms in total. The van der Waals surface area contributed by atoms with Gasteiger partial charge in [0.25, 0.3) is 0 Å². The van der Waals surface area contributed by atoms with Crippen LogP contribution in [0.25, 0.3) is 0 Å². The highest BCUT2D eigenvalue weighted by atomic mass is 16.3. The van der Waals surface area contributed by atoms with Crippen molar-refractivity contribution in [2.45, 2.75) is 13.0 Å². The van der Waals surface area contributed by atoms with Gasteiger partial charge in [-0.05, 0) is 6.92 Å². The van der Waals surface area contributed by atoms with Crippen LogP contribution in [0.15, 0.2) is 0 Å². The maximum atomic E-state index is 10.4. The van der Waals surface area contributed by atoms with Crippen LogP contribution in [-0.4, -0.2) is 30.2 Å². The second-order valence-corrected chi connectivity index (χ2v) is 1.86. The highest BCUT2D eigenvalue weighted by molar-refractivity contribution is 5.77. The molecule has 9 heavy (non-hydrogen) atoms. The largest absolute Gasteiger partial charge is 0.394 e. The van der Waals surface area contributed by atoms with Gasteiger partial charge in [-0.2, -0.15) is 0 Å². The van der Waals surface area contributed by atoms with Crippen molar-refractivity contribution < 1.29 is 9.90 Å². The van der Waals surface area contributed by atoms with E-state index < -0.39 is 0 Å². The molecule has 1 amide bonds. The number of hydrogen-bond acceptors (Lipinski definition) is 3. The van der Waals surface area contributed by atoms with E-state index in [9.17, 15) is 4.79 Å². The number of nitrogens with two attached hydrogens (primary N) is 1.